The summed E-state index contributed by atoms with van der Waals surface area (Å²) in [5.41, 5.74) is -0.0227. The fourth-order valence-electron chi connectivity index (χ4n) is 2.97. The highest BCUT2D eigenvalue weighted by atomic mass is 16.5. The number of urea groups is 1. The zero-order chi connectivity index (χ0) is 23.1. The Morgan fingerprint density at radius 2 is 1.66 bits per heavy atom. The average Bonchev–Trinajstić information content (AvgIpc) is 2.78. The summed E-state index contributed by atoms with van der Waals surface area (Å²) in [6.45, 7) is 3.79. The standard InChI is InChI=1S/C23H24N4O5/c1-15(2)12-13-24-23(31)25-19(28)14-32-22(30)20-17-10-6-7-11-18(17)21(29)27(26-20)16-8-4-3-5-9-16/h3-11,15H,12-14H2,1-2H3,(H2,24,25,28,31). The summed E-state index contributed by atoms with van der Waals surface area (Å²) in [6.07, 6.45) is 0.770. The van der Waals surface area contributed by atoms with Crippen molar-refractivity contribution in [1.82, 2.24) is 20.4 Å². The summed E-state index contributed by atoms with van der Waals surface area (Å²) in [7, 11) is 0. The summed E-state index contributed by atoms with van der Waals surface area (Å²) in [4.78, 5) is 49.3. The molecule has 2 N–H and O–H groups in total. The minimum atomic E-state index is -0.888. The summed E-state index contributed by atoms with van der Waals surface area (Å²) in [6, 6.07) is 14.5. The molecule has 0 unspecified atom stereocenters. The number of aromatic nitrogens is 2. The predicted octanol–water partition coefficient (Wildman–Crippen LogP) is 2.41. The Labute approximate surface area is 184 Å². The van der Waals surface area contributed by atoms with Crippen molar-refractivity contribution in [2.75, 3.05) is 13.2 Å². The number of imide groups is 1. The lowest BCUT2D eigenvalue weighted by Gasteiger charge is -2.11. The minimum absolute atomic E-state index is 0.113. The van der Waals surface area contributed by atoms with Gasteiger partial charge < -0.3 is 10.1 Å². The number of carbonyl (C=O) groups excluding carboxylic acids is 3. The van der Waals surface area contributed by atoms with Gasteiger partial charge in [0.05, 0.1) is 11.1 Å². The first kappa shape index (κ1) is 22.7. The van der Waals surface area contributed by atoms with Gasteiger partial charge in [-0.1, -0.05) is 50.2 Å². The van der Waals surface area contributed by atoms with Crippen LogP contribution in [0.4, 0.5) is 4.79 Å². The number of hydrogen-bond donors (Lipinski definition) is 2. The Kier molecular flexibility index (Phi) is 7.33. The van der Waals surface area contributed by atoms with E-state index in [1.165, 1.54) is 0 Å². The van der Waals surface area contributed by atoms with Crippen LogP contribution in [0.15, 0.2) is 59.4 Å². The molecule has 3 aromatic rings. The molecule has 0 aliphatic rings. The molecule has 9 heteroatoms. The van der Waals surface area contributed by atoms with E-state index in [0.29, 0.717) is 23.5 Å². The molecule has 9 nitrogen and oxygen atoms in total. The van der Waals surface area contributed by atoms with Crippen LogP contribution in [0, 0.1) is 5.92 Å². The normalized spacial score (nSPS) is 10.7. The molecule has 0 saturated carbocycles. The van der Waals surface area contributed by atoms with Crippen LogP contribution in [0.25, 0.3) is 16.5 Å². The molecule has 0 bridgehead atoms. The highest BCUT2D eigenvalue weighted by molar-refractivity contribution is 6.03. The van der Waals surface area contributed by atoms with Gasteiger partial charge in [-0.05, 0) is 30.5 Å². The van der Waals surface area contributed by atoms with Gasteiger partial charge in [0.15, 0.2) is 12.3 Å². The van der Waals surface area contributed by atoms with E-state index in [2.05, 4.69) is 15.7 Å². The third kappa shape index (κ3) is 5.57. The van der Waals surface area contributed by atoms with Gasteiger partial charge in [-0.2, -0.15) is 9.78 Å². The molecule has 2 aromatic carbocycles. The van der Waals surface area contributed by atoms with Crippen molar-refractivity contribution in [2.24, 2.45) is 5.92 Å². The lowest BCUT2D eigenvalue weighted by molar-refractivity contribution is -0.123. The number of fused-ring (bicyclic) bond motifs is 1. The molecule has 1 heterocycles. The highest BCUT2D eigenvalue weighted by Crippen LogP contribution is 2.16. The van der Waals surface area contributed by atoms with E-state index in [9.17, 15) is 19.2 Å². The number of para-hydroxylation sites is 1. The van der Waals surface area contributed by atoms with Crippen LogP contribution >= 0.6 is 0 Å². The van der Waals surface area contributed by atoms with Crippen LogP contribution < -0.4 is 16.2 Å². The van der Waals surface area contributed by atoms with Crippen LogP contribution in [0.1, 0.15) is 30.8 Å². The zero-order valence-electron chi connectivity index (χ0n) is 17.8. The van der Waals surface area contributed by atoms with E-state index >= 15 is 0 Å². The van der Waals surface area contributed by atoms with Gasteiger partial charge in [0.25, 0.3) is 11.5 Å². The lowest BCUT2D eigenvalue weighted by Crippen LogP contribution is -2.42. The number of hydrogen-bond acceptors (Lipinski definition) is 6. The third-order valence-corrected chi connectivity index (χ3v) is 4.59. The maximum atomic E-state index is 12.9. The van der Waals surface area contributed by atoms with E-state index in [4.69, 9.17) is 4.74 Å². The first-order valence-corrected chi connectivity index (χ1v) is 10.2. The fourth-order valence-corrected chi connectivity index (χ4v) is 2.97. The van der Waals surface area contributed by atoms with E-state index in [-0.39, 0.29) is 16.6 Å². The van der Waals surface area contributed by atoms with Crippen molar-refractivity contribution in [2.45, 2.75) is 20.3 Å². The molecular weight excluding hydrogens is 412 g/mol. The van der Waals surface area contributed by atoms with Crippen LogP contribution in [0.5, 0.6) is 0 Å². The molecule has 0 aliphatic heterocycles. The average molecular weight is 436 g/mol. The molecular formula is C23H24N4O5. The molecule has 0 saturated heterocycles. The smallest absolute Gasteiger partial charge is 0.359 e. The summed E-state index contributed by atoms with van der Waals surface area (Å²) in [5.74, 6) is -1.25. The number of nitrogens with one attached hydrogen (secondary N) is 2. The van der Waals surface area contributed by atoms with Crippen molar-refractivity contribution < 1.29 is 19.1 Å². The number of esters is 1. The second-order valence-corrected chi connectivity index (χ2v) is 7.51. The lowest BCUT2D eigenvalue weighted by atomic mass is 10.1. The van der Waals surface area contributed by atoms with Crippen molar-refractivity contribution in [3.63, 3.8) is 0 Å². The van der Waals surface area contributed by atoms with Crippen LogP contribution in [0.3, 0.4) is 0 Å². The highest BCUT2D eigenvalue weighted by Gasteiger charge is 2.20. The van der Waals surface area contributed by atoms with Crippen LogP contribution in [-0.4, -0.2) is 40.8 Å². The first-order chi connectivity index (χ1) is 15.4. The van der Waals surface area contributed by atoms with E-state index in [1.807, 2.05) is 13.8 Å². The third-order valence-electron chi connectivity index (χ3n) is 4.59. The Hall–Kier alpha value is -4.01. The van der Waals surface area contributed by atoms with Gasteiger partial charge in [-0.15, -0.1) is 0 Å². The Morgan fingerprint density at radius 1 is 1.00 bits per heavy atom. The maximum Gasteiger partial charge on any atom is 0.359 e. The van der Waals surface area contributed by atoms with Gasteiger partial charge >= 0.3 is 12.0 Å². The topological polar surface area (TPSA) is 119 Å². The molecule has 166 valence electrons. The number of benzene rings is 2. The van der Waals surface area contributed by atoms with Crippen LogP contribution in [0.2, 0.25) is 0 Å². The number of amides is 3. The molecule has 1 aromatic heterocycles. The number of carbonyl (C=O) groups is 3. The predicted molar refractivity (Wildman–Crippen MR) is 119 cm³/mol. The van der Waals surface area contributed by atoms with E-state index in [1.54, 1.807) is 54.6 Å². The SMILES string of the molecule is CC(C)CCNC(=O)NC(=O)COC(=O)c1nn(-c2ccccc2)c(=O)c2ccccc12. The number of rotatable bonds is 7. The van der Waals surface area contributed by atoms with Crippen molar-refractivity contribution in [3.8, 4) is 5.69 Å². The molecule has 3 amide bonds. The second kappa shape index (κ2) is 10.3. The Balaban J connectivity index is 1.75. The maximum absolute atomic E-state index is 12.9. The zero-order valence-corrected chi connectivity index (χ0v) is 17.8. The van der Waals surface area contributed by atoms with Crippen molar-refractivity contribution >= 4 is 28.7 Å². The number of nitrogens with zero attached hydrogens (tertiary/aromatic N) is 2. The largest absolute Gasteiger partial charge is 0.451 e. The summed E-state index contributed by atoms with van der Waals surface area (Å²) < 4.78 is 6.18. The monoisotopic (exact) mass is 436 g/mol. The van der Waals surface area contributed by atoms with Gasteiger partial charge in [0, 0.05) is 11.9 Å². The van der Waals surface area contributed by atoms with Crippen LogP contribution in [-0.2, 0) is 9.53 Å². The van der Waals surface area contributed by atoms with E-state index in [0.717, 1.165) is 11.1 Å². The van der Waals surface area contributed by atoms with E-state index < -0.39 is 24.5 Å². The molecule has 0 atom stereocenters. The summed E-state index contributed by atoms with van der Waals surface area (Å²) in [5, 5.41) is 9.44. The second-order valence-electron chi connectivity index (χ2n) is 7.51. The quantitative estimate of drug-likeness (QED) is 0.549. The Morgan fingerprint density at radius 3 is 2.34 bits per heavy atom. The van der Waals surface area contributed by atoms with Crippen molar-refractivity contribution in [1.29, 1.82) is 0 Å². The molecule has 0 aliphatic carbocycles. The van der Waals surface area contributed by atoms with Gasteiger partial charge in [0.1, 0.15) is 0 Å². The summed E-state index contributed by atoms with van der Waals surface area (Å²) >= 11 is 0. The molecule has 32 heavy (non-hydrogen) atoms. The minimum Gasteiger partial charge on any atom is -0.451 e. The molecule has 0 spiro atoms. The molecule has 0 radical (unpaired) electrons. The van der Waals surface area contributed by atoms with Gasteiger partial charge in [-0.3, -0.25) is 14.9 Å². The Bertz CT molecular complexity index is 1190. The molecule has 0 fully saturated rings. The van der Waals surface area contributed by atoms with Gasteiger partial charge in [-0.25, -0.2) is 9.59 Å². The van der Waals surface area contributed by atoms with Gasteiger partial charge in [0.2, 0.25) is 0 Å². The molecule has 3 rings (SSSR count). The fraction of sp³-hybridized carbons (Fsp3) is 0.261. The number of ether oxygens (including phenoxy) is 1. The first-order valence-electron chi connectivity index (χ1n) is 10.2. The van der Waals surface area contributed by atoms with Crippen molar-refractivity contribution in [3.05, 3.63) is 70.6 Å².